The van der Waals surface area contributed by atoms with E-state index in [1.54, 1.807) is 49.4 Å². The second-order valence-electron chi connectivity index (χ2n) is 7.50. The van der Waals surface area contributed by atoms with Gasteiger partial charge in [-0.05, 0) is 61.5 Å². The highest BCUT2D eigenvalue weighted by molar-refractivity contribution is 9.10. The Hall–Kier alpha value is -2.94. The molecule has 0 fully saturated rings. The van der Waals surface area contributed by atoms with Crippen LogP contribution in [0.3, 0.4) is 0 Å². The van der Waals surface area contributed by atoms with Gasteiger partial charge in [-0.1, -0.05) is 31.9 Å². The van der Waals surface area contributed by atoms with Crippen molar-refractivity contribution in [1.29, 1.82) is 0 Å². The summed E-state index contributed by atoms with van der Waals surface area (Å²) in [6, 6.07) is 13.9. The Bertz CT molecular complexity index is 1330. The van der Waals surface area contributed by atoms with Gasteiger partial charge in [0.05, 0.1) is 17.7 Å². The van der Waals surface area contributed by atoms with Crippen molar-refractivity contribution in [3.8, 4) is 17.2 Å². The van der Waals surface area contributed by atoms with E-state index in [0.717, 1.165) is 14.5 Å². The molecule has 0 amide bonds. The molecule has 0 unspecified atom stereocenters. The summed E-state index contributed by atoms with van der Waals surface area (Å²) >= 11 is 6.83. The lowest BCUT2D eigenvalue weighted by Crippen LogP contribution is -2.12. The first-order valence-corrected chi connectivity index (χ1v) is 11.6. The number of halogens is 2. The number of benzene rings is 3. The molecule has 0 aliphatic carbocycles. The topological polar surface area (TPSA) is 71.1 Å². The summed E-state index contributed by atoms with van der Waals surface area (Å²) in [6.45, 7) is 2.32. The van der Waals surface area contributed by atoms with Gasteiger partial charge in [-0.3, -0.25) is 4.79 Å². The van der Waals surface area contributed by atoms with Crippen molar-refractivity contribution >= 4 is 49.7 Å². The minimum atomic E-state index is -0.495. The van der Waals surface area contributed by atoms with E-state index in [-0.39, 0.29) is 18.3 Å². The number of fused-ring (bicyclic) bond motifs is 2. The molecule has 0 spiro atoms. The molecule has 0 N–H and O–H groups in total. The number of ketones is 1. The molecule has 0 radical (unpaired) electrons. The third-order valence-electron chi connectivity index (χ3n) is 5.31. The maximum Gasteiger partial charge on any atom is 0.343 e. The van der Waals surface area contributed by atoms with Gasteiger partial charge in [-0.25, -0.2) is 4.79 Å². The normalized spacial score (nSPS) is 15.5. The van der Waals surface area contributed by atoms with Crippen molar-refractivity contribution in [1.82, 2.24) is 0 Å². The number of carbonyl (C=O) groups is 2. The Labute approximate surface area is 206 Å². The fraction of sp³-hybridized carbons (Fsp3) is 0.120. The van der Waals surface area contributed by atoms with Crippen molar-refractivity contribution in [3.63, 3.8) is 0 Å². The van der Waals surface area contributed by atoms with E-state index in [2.05, 4.69) is 31.9 Å². The van der Waals surface area contributed by atoms with Crippen LogP contribution in [0.15, 0.2) is 63.2 Å². The van der Waals surface area contributed by atoms with E-state index < -0.39 is 5.97 Å². The minimum Gasteiger partial charge on any atom is -0.467 e. The quantitative estimate of drug-likeness (QED) is 0.211. The molecule has 0 saturated carbocycles. The lowest BCUT2D eigenvalue weighted by Gasteiger charge is -2.20. The van der Waals surface area contributed by atoms with E-state index in [1.165, 1.54) is 0 Å². The van der Waals surface area contributed by atoms with Crippen LogP contribution in [0.25, 0.3) is 6.08 Å². The number of esters is 1. The lowest BCUT2D eigenvalue weighted by atomic mass is 10.0. The number of ether oxygens (including phenoxy) is 4. The Kier molecular flexibility index (Phi) is 5.82. The molecule has 2 aliphatic heterocycles. The molecule has 8 heteroatoms. The Morgan fingerprint density at radius 1 is 1.03 bits per heavy atom. The molecule has 3 aromatic rings. The Morgan fingerprint density at radius 3 is 2.61 bits per heavy atom. The predicted octanol–water partition coefficient (Wildman–Crippen LogP) is 6.22. The van der Waals surface area contributed by atoms with Gasteiger partial charge in [0.1, 0.15) is 17.2 Å². The first-order valence-electron chi connectivity index (χ1n) is 9.99. The van der Waals surface area contributed by atoms with Crippen molar-refractivity contribution < 1.29 is 28.5 Å². The summed E-state index contributed by atoms with van der Waals surface area (Å²) in [5, 5.41) is 0. The number of hydrogen-bond acceptors (Lipinski definition) is 6. The smallest absolute Gasteiger partial charge is 0.343 e. The molecule has 2 aliphatic rings. The van der Waals surface area contributed by atoms with Crippen LogP contribution in [0.1, 0.15) is 37.4 Å². The summed E-state index contributed by atoms with van der Waals surface area (Å²) in [6.07, 6.45) is 1.66. The number of rotatable bonds is 3. The molecule has 33 heavy (non-hydrogen) atoms. The van der Waals surface area contributed by atoms with E-state index in [9.17, 15) is 9.59 Å². The maximum absolute atomic E-state index is 13.0. The van der Waals surface area contributed by atoms with Gasteiger partial charge in [-0.2, -0.15) is 0 Å². The van der Waals surface area contributed by atoms with Crippen molar-refractivity contribution in [2.24, 2.45) is 0 Å². The van der Waals surface area contributed by atoms with Crippen molar-refractivity contribution in [2.75, 3.05) is 6.79 Å². The molecule has 0 aromatic heterocycles. The van der Waals surface area contributed by atoms with Crippen LogP contribution in [-0.4, -0.2) is 18.5 Å². The van der Waals surface area contributed by atoms with E-state index >= 15 is 0 Å². The highest BCUT2D eigenvalue weighted by Crippen LogP contribution is 2.41. The molecule has 2 heterocycles. The first kappa shape index (κ1) is 21.9. The Balaban J connectivity index is 1.45. The first-order chi connectivity index (χ1) is 15.9. The molecule has 0 bridgehead atoms. The highest BCUT2D eigenvalue weighted by Gasteiger charge is 2.31. The molecular weight excluding hydrogens is 556 g/mol. The van der Waals surface area contributed by atoms with Gasteiger partial charge in [0.2, 0.25) is 5.78 Å². The van der Waals surface area contributed by atoms with Crippen LogP contribution in [0.4, 0.5) is 0 Å². The zero-order valence-electron chi connectivity index (χ0n) is 17.3. The zero-order chi connectivity index (χ0) is 23.1. The van der Waals surface area contributed by atoms with Crippen LogP contribution in [-0.2, 0) is 11.3 Å². The molecule has 0 saturated heterocycles. The molecule has 6 nitrogen and oxygen atoms in total. The molecule has 5 rings (SSSR count). The summed E-state index contributed by atoms with van der Waals surface area (Å²) in [7, 11) is 0. The summed E-state index contributed by atoms with van der Waals surface area (Å²) in [4.78, 5) is 25.5. The number of Topliss-reactive ketones (excluding diaryl/α,β-unsaturated/α-hetero) is 1. The SMILES string of the molecule is Cc1c(OC(=O)c2ccc(Br)cc2)ccc2c1O/C(=C\c1cc(Br)cc3c1OCOC3)C2=O. The standard InChI is InChI=1S/C25H16Br2O6/c1-13-20(33-25(29)14-2-4-17(26)5-3-14)7-6-19-22(28)21(32-23(13)19)10-15-8-18(27)9-16-11-30-12-31-24(15)16/h2-10H,11-12H2,1H3/b21-10-. The maximum atomic E-state index is 13.0. The van der Waals surface area contributed by atoms with Gasteiger partial charge in [-0.15, -0.1) is 0 Å². The largest absolute Gasteiger partial charge is 0.467 e. The molecule has 3 aromatic carbocycles. The van der Waals surface area contributed by atoms with Crippen LogP contribution < -0.4 is 14.2 Å². The summed E-state index contributed by atoms with van der Waals surface area (Å²) in [5.41, 5.74) is 2.98. The second kappa shape index (κ2) is 8.78. The fourth-order valence-electron chi connectivity index (χ4n) is 3.68. The average Bonchev–Trinajstić information content (AvgIpc) is 3.12. The van der Waals surface area contributed by atoms with Crippen LogP contribution in [0, 0.1) is 6.92 Å². The van der Waals surface area contributed by atoms with Gasteiger partial charge >= 0.3 is 5.97 Å². The average molecular weight is 572 g/mol. The summed E-state index contributed by atoms with van der Waals surface area (Å²) in [5.74, 6) is 0.784. The highest BCUT2D eigenvalue weighted by atomic mass is 79.9. The minimum absolute atomic E-state index is 0.145. The predicted molar refractivity (Wildman–Crippen MR) is 128 cm³/mol. The van der Waals surface area contributed by atoms with E-state index in [0.29, 0.717) is 46.1 Å². The van der Waals surface area contributed by atoms with Crippen LogP contribution >= 0.6 is 31.9 Å². The zero-order valence-corrected chi connectivity index (χ0v) is 20.5. The number of carbonyl (C=O) groups excluding carboxylic acids is 2. The monoisotopic (exact) mass is 570 g/mol. The second-order valence-corrected chi connectivity index (χ2v) is 9.33. The third kappa shape index (κ3) is 4.21. The number of allylic oxidation sites excluding steroid dienone is 1. The summed E-state index contributed by atoms with van der Waals surface area (Å²) < 4.78 is 24.2. The van der Waals surface area contributed by atoms with Gasteiger partial charge in [0.15, 0.2) is 12.6 Å². The van der Waals surface area contributed by atoms with Gasteiger partial charge in [0, 0.05) is 25.6 Å². The van der Waals surface area contributed by atoms with E-state index in [1.807, 2.05) is 12.1 Å². The van der Waals surface area contributed by atoms with Crippen molar-refractivity contribution in [2.45, 2.75) is 13.5 Å². The third-order valence-corrected chi connectivity index (χ3v) is 6.30. The fourth-order valence-corrected chi connectivity index (χ4v) is 4.47. The molecular formula is C25H16Br2O6. The van der Waals surface area contributed by atoms with E-state index in [4.69, 9.17) is 18.9 Å². The van der Waals surface area contributed by atoms with Crippen LogP contribution in [0.2, 0.25) is 0 Å². The van der Waals surface area contributed by atoms with Crippen molar-refractivity contribution in [3.05, 3.63) is 91.1 Å². The molecule has 0 atom stereocenters. The lowest BCUT2D eigenvalue weighted by molar-refractivity contribution is -0.0165. The molecule has 166 valence electrons. The van der Waals surface area contributed by atoms with Crippen LogP contribution in [0.5, 0.6) is 17.2 Å². The Morgan fingerprint density at radius 2 is 1.82 bits per heavy atom. The number of hydrogen-bond donors (Lipinski definition) is 0. The van der Waals surface area contributed by atoms with Gasteiger partial charge < -0.3 is 18.9 Å². The van der Waals surface area contributed by atoms with Gasteiger partial charge in [0.25, 0.3) is 0 Å².